The summed E-state index contributed by atoms with van der Waals surface area (Å²) in [7, 11) is 0. The highest BCUT2D eigenvalue weighted by Crippen LogP contribution is 2.32. The van der Waals surface area contributed by atoms with Crippen molar-refractivity contribution in [2.75, 3.05) is 0 Å². The summed E-state index contributed by atoms with van der Waals surface area (Å²) in [5.74, 6) is 5.75. The van der Waals surface area contributed by atoms with Gasteiger partial charge in [0.2, 0.25) is 11.8 Å². The first-order chi connectivity index (χ1) is 10.8. The Morgan fingerprint density at radius 3 is 2.18 bits per heavy atom. The zero-order valence-corrected chi connectivity index (χ0v) is 11.8. The fraction of sp³-hybridized carbons (Fsp3) is 0.0588. The lowest BCUT2D eigenvalue weighted by molar-refractivity contribution is -0.120. The smallest absolute Gasteiger partial charge is 0.243 e. The van der Waals surface area contributed by atoms with E-state index >= 15 is 0 Å². The number of hydrogen-bond donors (Lipinski definition) is 2. The number of hydrazine groups is 1. The maximum Gasteiger partial charge on any atom is 0.243 e. The fourth-order valence-electron chi connectivity index (χ4n) is 2.21. The van der Waals surface area contributed by atoms with Crippen LogP contribution in [0.3, 0.4) is 0 Å². The number of amides is 1. The van der Waals surface area contributed by atoms with Gasteiger partial charge in [0.15, 0.2) is 5.76 Å². The summed E-state index contributed by atoms with van der Waals surface area (Å²) >= 11 is 0. The zero-order chi connectivity index (χ0) is 15.4. The molecule has 2 aromatic carbocycles. The molecule has 22 heavy (non-hydrogen) atoms. The summed E-state index contributed by atoms with van der Waals surface area (Å²) in [6.07, 6.45) is 0.00314. The van der Waals surface area contributed by atoms with Gasteiger partial charge in [-0.1, -0.05) is 60.7 Å². The Kier molecular flexibility index (Phi) is 3.98. The number of rotatable bonds is 4. The molecule has 1 amide bonds. The van der Waals surface area contributed by atoms with Crippen molar-refractivity contribution in [3.05, 3.63) is 66.6 Å². The second-order valence-corrected chi connectivity index (χ2v) is 4.76. The molecule has 0 bridgehead atoms. The van der Waals surface area contributed by atoms with Crippen LogP contribution in [0.25, 0.3) is 22.6 Å². The predicted octanol–water partition coefficient (Wildman–Crippen LogP) is 2.54. The molecule has 5 heteroatoms. The largest absolute Gasteiger partial charge is 0.439 e. The quantitative estimate of drug-likeness (QED) is 0.440. The van der Waals surface area contributed by atoms with Crippen molar-refractivity contribution < 1.29 is 9.21 Å². The van der Waals surface area contributed by atoms with Gasteiger partial charge in [-0.25, -0.2) is 10.8 Å². The van der Waals surface area contributed by atoms with Crippen molar-refractivity contribution in [3.8, 4) is 22.6 Å². The molecule has 3 N–H and O–H groups in total. The summed E-state index contributed by atoms with van der Waals surface area (Å²) in [5.41, 5.74) is 4.64. The van der Waals surface area contributed by atoms with Crippen molar-refractivity contribution in [1.29, 1.82) is 0 Å². The predicted molar refractivity (Wildman–Crippen MR) is 83.4 cm³/mol. The number of aromatic nitrogens is 1. The maximum absolute atomic E-state index is 11.4. The minimum atomic E-state index is -0.347. The lowest BCUT2D eigenvalue weighted by Gasteiger charge is -2.00. The Morgan fingerprint density at radius 2 is 1.59 bits per heavy atom. The Hall–Kier alpha value is -2.92. The van der Waals surface area contributed by atoms with Crippen molar-refractivity contribution in [1.82, 2.24) is 10.4 Å². The van der Waals surface area contributed by atoms with Crippen molar-refractivity contribution in [2.45, 2.75) is 6.42 Å². The van der Waals surface area contributed by atoms with E-state index in [-0.39, 0.29) is 12.3 Å². The molecule has 0 radical (unpaired) electrons. The first-order valence-electron chi connectivity index (χ1n) is 6.88. The number of nitrogens with zero attached hydrogens (tertiary/aromatic N) is 1. The second-order valence-electron chi connectivity index (χ2n) is 4.76. The lowest BCUT2D eigenvalue weighted by atomic mass is 10.1. The Bertz CT molecular complexity index is 710. The van der Waals surface area contributed by atoms with Gasteiger partial charge < -0.3 is 4.42 Å². The van der Waals surface area contributed by atoms with Gasteiger partial charge in [0, 0.05) is 11.1 Å². The van der Waals surface area contributed by atoms with Crippen LogP contribution < -0.4 is 11.3 Å². The van der Waals surface area contributed by atoms with Crippen LogP contribution in [-0.2, 0) is 11.2 Å². The molecule has 0 saturated carbocycles. The van der Waals surface area contributed by atoms with Gasteiger partial charge >= 0.3 is 0 Å². The van der Waals surface area contributed by atoms with E-state index in [4.69, 9.17) is 10.3 Å². The minimum absolute atomic E-state index is 0.00314. The summed E-state index contributed by atoms with van der Waals surface area (Å²) in [6.45, 7) is 0. The summed E-state index contributed by atoms with van der Waals surface area (Å²) in [5, 5.41) is 0. The van der Waals surface area contributed by atoms with Crippen LogP contribution in [0.2, 0.25) is 0 Å². The van der Waals surface area contributed by atoms with Gasteiger partial charge in [-0.2, -0.15) is 0 Å². The Balaban J connectivity index is 2.08. The molecule has 3 rings (SSSR count). The molecular formula is C17H15N3O2. The lowest BCUT2D eigenvalue weighted by Crippen LogP contribution is -2.31. The van der Waals surface area contributed by atoms with Crippen LogP contribution in [-0.4, -0.2) is 10.9 Å². The summed E-state index contributed by atoms with van der Waals surface area (Å²) in [4.78, 5) is 15.9. The second kappa shape index (κ2) is 6.24. The third-order valence-electron chi connectivity index (χ3n) is 3.23. The summed E-state index contributed by atoms with van der Waals surface area (Å²) < 4.78 is 5.80. The molecule has 0 unspecified atom stereocenters. The SMILES string of the molecule is NNC(=O)Cc1nc(-c2ccccc2)c(-c2ccccc2)o1. The van der Waals surface area contributed by atoms with Crippen LogP contribution in [0.4, 0.5) is 0 Å². The van der Waals surface area contributed by atoms with E-state index in [2.05, 4.69) is 10.4 Å². The standard InChI is InChI=1S/C17H15N3O2/c18-20-14(21)11-15-19-16(12-7-3-1-4-8-12)17(22-15)13-9-5-2-6-10-13/h1-10H,11,18H2,(H,20,21). The van der Waals surface area contributed by atoms with Gasteiger partial charge in [0.05, 0.1) is 0 Å². The van der Waals surface area contributed by atoms with E-state index in [9.17, 15) is 4.79 Å². The highest BCUT2D eigenvalue weighted by atomic mass is 16.4. The normalized spacial score (nSPS) is 10.4. The highest BCUT2D eigenvalue weighted by Gasteiger charge is 2.18. The number of nitrogens with two attached hydrogens (primary N) is 1. The topological polar surface area (TPSA) is 81.1 Å². The van der Waals surface area contributed by atoms with Gasteiger partial charge in [-0.05, 0) is 0 Å². The number of hydrogen-bond acceptors (Lipinski definition) is 4. The van der Waals surface area contributed by atoms with Gasteiger partial charge in [-0.3, -0.25) is 10.2 Å². The van der Waals surface area contributed by atoms with Crippen LogP contribution in [0.1, 0.15) is 5.89 Å². The zero-order valence-electron chi connectivity index (χ0n) is 11.8. The van der Waals surface area contributed by atoms with E-state index in [1.165, 1.54) is 0 Å². The third kappa shape index (κ3) is 2.89. The minimum Gasteiger partial charge on any atom is -0.439 e. The number of nitrogens with one attached hydrogen (secondary N) is 1. The van der Waals surface area contributed by atoms with E-state index in [0.29, 0.717) is 17.3 Å². The molecule has 0 atom stereocenters. The van der Waals surface area contributed by atoms with Gasteiger partial charge in [-0.15, -0.1) is 0 Å². The van der Waals surface area contributed by atoms with Gasteiger partial charge in [0.25, 0.3) is 0 Å². The molecule has 0 fully saturated rings. The molecule has 0 aliphatic rings. The van der Waals surface area contributed by atoms with Gasteiger partial charge in [0.1, 0.15) is 12.1 Å². The average molecular weight is 293 g/mol. The molecule has 0 spiro atoms. The van der Waals surface area contributed by atoms with E-state index < -0.39 is 0 Å². The molecule has 0 saturated heterocycles. The molecular weight excluding hydrogens is 278 g/mol. The van der Waals surface area contributed by atoms with Crippen LogP contribution in [0.5, 0.6) is 0 Å². The number of carbonyl (C=O) groups excluding carboxylic acids is 1. The van der Waals surface area contributed by atoms with Crippen LogP contribution >= 0.6 is 0 Å². The monoisotopic (exact) mass is 293 g/mol. The van der Waals surface area contributed by atoms with E-state index in [1.807, 2.05) is 60.7 Å². The molecule has 3 aromatic rings. The average Bonchev–Trinajstić information content (AvgIpc) is 3.00. The molecule has 110 valence electrons. The van der Waals surface area contributed by atoms with Crippen LogP contribution in [0, 0.1) is 0 Å². The Morgan fingerprint density at radius 1 is 1.00 bits per heavy atom. The molecule has 1 aromatic heterocycles. The molecule has 5 nitrogen and oxygen atoms in total. The number of benzene rings is 2. The van der Waals surface area contributed by atoms with Crippen molar-refractivity contribution >= 4 is 5.91 Å². The first kappa shape index (κ1) is 14.0. The Labute approximate surface area is 127 Å². The number of carbonyl (C=O) groups is 1. The first-order valence-corrected chi connectivity index (χ1v) is 6.88. The molecule has 0 aliphatic heterocycles. The van der Waals surface area contributed by atoms with E-state index in [1.54, 1.807) is 0 Å². The maximum atomic E-state index is 11.4. The van der Waals surface area contributed by atoms with Crippen LogP contribution in [0.15, 0.2) is 65.1 Å². The highest BCUT2D eigenvalue weighted by molar-refractivity contribution is 5.79. The molecule has 0 aliphatic carbocycles. The number of oxazole rings is 1. The molecule has 1 heterocycles. The van der Waals surface area contributed by atoms with Crippen molar-refractivity contribution in [3.63, 3.8) is 0 Å². The van der Waals surface area contributed by atoms with E-state index in [0.717, 1.165) is 11.1 Å². The summed E-state index contributed by atoms with van der Waals surface area (Å²) in [6, 6.07) is 19.4. The van der Waals surface area contributed by atoms with Crippen molar-refractivity contribution in [2.24, 2.45) is 5.84 Å². The third-order valence-corrected chi connectivity index (χ3v) is 3.23. The fourth-order valence-corrected chi connectivity index (χ4v) is 2.21.